The van der Waals surface area contributed by atoms with E-state index in [1.54, 1.807) is 0 Å². The van der Waals surface area contributed by atoms with Gasteiger partial charge in [-0.3, -0.25) is 0 Å². The summed E-state index contributed by atoms with van der Waals surface area (Å²) in [4.78, 5) is 12.3. The monoisotopic (exact) mass is 438 g/mol. The van der Waals surface area contributed by atoms with Gasteiger partial charge in [0.15, 0.2) is 11.5 Å². The minimum Gasteiger partial charge on any atom is -0.508 e. The Morgan fingerprint density at radius 1 is 0.968 bits per heavy atom. The van der Waals surface area contributed by atoms with Gasteiger partial charge in [-0.05, 0) is 18.2 Å². The first-order chi connectivity index (χ1) is 14.7. The van der Waals surface area contributed by atoms with Crippen LogP contribution in [0.5, 0.6) is 28.7 Å². The van der Waals surface area contributed by atoms with Crippen molar-refractivity contribution >= 4 is 5.97 Å². The molecule has 0 bridgehead atoms. The normalized spacial score (nSPS) is 25.6. The van der Waals surface area contributed by atoms with Gasteiger partial charge in [0.05, 0.1) is 12.7 Å². The van der Waals surface area contributed by atoms with E-state index in [1.807, 2.05) is 0 Å². The Hall–Kier alpha value is -3.25. The molecular weight excluding hydrogens is 416 g/mol. The average molecular weight is 438 g/mol. The highest BCUT2D eigenvalue weighted by Gasteiger charge is 2.45. The average Bonchev–Trinajstić information content (AvgIpc) is 2.72. The van der Waals surface area contributed by atoms with Crippen molar-refractivity contribution in [2.24, 2.45) is 0 Å². The van der Waals surface area contributed by atoms with Gasteiger partial charge in [-0.25, -0.2) is 4.79 Å². The molecule has 3 rings (SSSR count). The summed E-state index contributed by atoms with van der Waals surface area (Å²) in [5, 5.41) is 59.1. The highest BCUT2D eigenvalue weighted by Crippen LogP contribution is 2.30. The van der Waals surface area contributed by atoms with E-state index >= 15 is 0 Å². The quantitative estimate of drug-likeness (QED) is 0.331. The van der Waals surface area contributed by atoms with E-state index < -0.39 is 43.3 Å². The van der Waals surface area contributed by atoms with Crippen LogP contribution in [0, 0.1) is 0 Å². The van der Waals surface area contributed by atoms with Crippen molar-refractivity contribution in [1.29, 1.82) is 0 Å². The zero-order valence-electron chi connectivity index (χ0n) is 16.3. The van der Waals surface area contributed by atoms with Crippen molar-refractivity contribution in [3.63, 3.8) is 0 Å². The molecule has 5 atom stereocenters. The largest absolute Gasteiger partial charge is 0.508 e. The van der Waals surface area contributed by atoms with Gasteiger partial charge in [-0.1, -0.05) is 0 Å². The van der Waals surface area contributed by atoms with Crippen molar-refractivity contribution < 1.29 is 54.4 Å². The number of rotatable bonds is 6. The van der Waals surface area contributed by atoms with Gasteiger partial charge < -0.3 is 49.6 Å². The number of aromatic hydroxyl groups is 3. The molecule has 1 aliphatic rings. The molecule has 11 heteroatoms. The molecule has 1 saturated heterocycles. The van der Waals surface area contributed by atoms with Crippen LogP contribution in [0.4, 0.5) is 0 Å². The van der Waals surface area contributed by atoms with Crippen LogP contribution < -0.4 is 9.47 Å². The van der Waals surface area contributed by atoms with E-state index in [9.17, 15) is 35.4 Å². The van der Waals surface area contributed by atoms with E-state index in [2.05, 4.69) is 0 Å². The van der Waals surface area contributed by atoms with Gasteiger partial charge in [0, 0.05) is 18.2 Å². The number of methoxy groups -OCH3 is 1. The smallest absolute Gasteiger partial charge is 0.338 e. The molecule has 2 aromatic carbocycles. The number of carbonyl (C=O) groups is 1. The van der Waals surface area contributed by atoms with Crippen LogP contribution in [-0.2, 0) is 9.47 Å². The van der Waals surface area contributed by atoms with Crippen LogP contribution in [0.25, 0.3) is 0 Å². The molecule has 1 heterocycles. The first-order valence-electron chi connectivity index (χ1n) is 9.13. The zero-order chi connectivity index (χ0) is 22.7. The molecule has 0 unspecified atom stereocenters. The third-order valence-electron chi connectivity index (χ3n) is 4.59. The standard InChI is InChI=1S/C20H22O11/c1-28-14-4-9(2-3-13(14)23)19(27)29-8-15-16(24)17(25)18(26)20(31-15)30-12-6-10(21)5-11(22)7-12/h2-7,15-18,20-26H,8H2,1H3/t15-,16-,17+,18-,20-/m1/s1. The van der Waals surface area contributed by atoms with Crippen LogP contribution in [0.3, 0.4) is 0 Å². The first kappa shape index (κ1) is 22.4. The SMILES string of the molecule is COc1cc(C(=O)OC[C@H]2O[C@@H](Oc3cc(O)cc(O)c3)[C@H](O)[C@@H](O)[C@@H]2O)ccc1O. The van der Waals surface area contributed by atoms with Crippen molar-refractivity contribution in [1.82, 2.24) is 0 Å². The van der Waals surface area contributed by atoms with E-state index in [1.165, 1.54) is 25.3 Å². The summed E-state index contributed by atoms with van der Waals surface area (Å²) in [7, 11) is 1.31. The van der Waals surface area contributed by atoms with Crippen molar-refractivity contribution in [3.8, 4) is 28.7 Å². The molecule has 0 radical (unpaired) electrons. The highest BCUT2D eigenvalue weighted by atomic mass is 16.7. The Bertz CT molecular complexity index is 911. The fraction of sp³-hybridized carbons (Fsp3) is 0.350. The van der Waals surface area contributed by atoms with Gasteiger partial charge in [0.1, 0.15) is 48.3 Å². The fourth-order valence-corrected chi connectivity index (χ4v) is 2.97. The number of esters is 1. The Kier molecular flexibility index (Phi) is 6.71. The summed E-state index contributed by atoms with van der Waals surface area (Å²) in [6.07, 6.45) is -7.74. The summed E-state index contributed by atoms with van der Waals surface area (Å²) in [6, 6.07) is 7.15. The molecule has 1 aliphatic heterocycles. The summed E-state index contributed by atoms with van der Waals surface area (Å²) in [5.41, 5.74) is 0.0589. The van der Waals surface area contributed by atoms with Crippen LogP contribution in [0.15, 0.2) is 36.4 Å². The second-order valence-corrected chi connectivity index (χ2v) is 6.80. The molecule has 0 aromatic heterocycles. The molecule has 6 N–H and O–H groups in total. The third kappa shape index (κ3) is 5.09. The molecule has 0 amide bonds. The topological polar surface area (TPSA) is 175 Å². The maximum Gasteiger partial charge on any atom is 0.338 e. The number of ether oxygens (including phenoxy) is 4. The summed E-state index contributed by atoms with van der Waals surface area (Å²) in [5.74, 6) is -1.61. The fourth-order valence-electron chi connectivity index (χ4n) is 2.97. The van der Waals surface area contributed by atoms with Crippen molar-refractivity contribution in [3.05, 3.63) is 42.0 Å². The molecule has 0 aliphatic carbocycles. The van der Waals surface area contributed by atoms with E-state index in [-0.39, 0.29) is 34.3 Å². The Balaban J connectivity index is 1.68. The third-order valence-corrected chi connectivity index (χ3v) is 4.59. The molecule has 1 fully saturated rings. The van der Waals surface area contributed by atoms with Gasteiger partial charge in [0.25, 0.3) is 0 Å². The van der Waals surface area contributed by atoms with Crippen molar-refractivity contribution in [2.45, 2.75) is 30.7 Å². The van der Waals surface area contributed by atoms with E-state index in [0.717, 1.165) is 18.2 Å². The highest BCUT2D eigenvalue weighted by molar-refractivity contribution is 5.90. The molecule has 0 spiro atoms. The molecule has 2 aromatic rings. The number of hydrogen-bond acceptors (Lipinski definition) is 11. The predicted molar refractivity (Wildman–Crippen MR) is 102 cm³/mol. The van der Waals surface area contributed by atoms with Crippen molar-refractivity contribution in [2.75, 3.05) is 13.7 Å². The van der Waals surface area contributed by atoms with Gasteiger partial charge in [-0.15, -0.1) is 0 Å². The molecular formula is C20H22O11. The second kappa shape index (κ2) is 9.27. The molecule has 168 valence electrons. The predicted octanol–water partition coefficient (Wildman–Crippen LogP) is -0.145. The van der Waals surface area contributed by atoms with Crippen LogP contribution >= 0.6 is 0 Å². The van der Waals surface area contributed by atoms with Gasteiger partial charge >= 0.3 is 5.97 Å². The van der Waals surface area contributed by atoms with E-state index in [0.29, 0.717) is 0 Å². The lowest BCUT2D eigenvalue weighted by Crippen LogP contribution is -2.60. The minimum absolute atomic E-state index is 0.0589. The summed E-state index contributed by atoms with van der Waals surface area (Å²) < 4.78 is 20.8. The van der Waals surface area contributed by atoms with Crippen LogP contribution in [-0.4, -0.2) is 81.0 Å². The molecule has 31 heavy (non-hydrogen) atoms. The summed E-state index contributed by atoms with van der Waals surface area (Å²) >= 11 is 0. The Labute approximate surface area is 176 Å². The lowest BCUT2D eigenvalue weighted by Gasteiger charge is -2.39. The first-order valence-corrected chi connectivity index (χ1v) is 9.13. The number of benzene rings is 2. The number of aliphatic hydroxyl groups is 3. The number of hydrogen-bond donors (Lipinski definition) is 6. The number of phenolic OH excluding ortho intramolecular Hbond substituents is 3. The maximum atomic E-state index is 12.3. The minimum atomic E-state index is -1.69. The Morgan fingerprint density at radius 3 is 2.29 bits per heavy atom. The Morgan fingerprint density at radius 2 is 1.65 bits per heavy atom. The number of carbonyl (C=O) groups excluding carboxylic acids is 1. The van der Waals surface area contributed by atoms with E-state index in [4.69, 9.17) is 18.9 Å². The lowest BCUT2D eigenvalue weighted by molar-refractivity contribution is -0.277. The maximum absolute atomic E-state index is 12.3. The number of aliphatic hydroxyl groups excluding tert-OH is 3. The number of phenols is 3. The zero-order valence-corrected chi connectivity index (χ0v) is 16.3. The molecule has 11 nitrogen and oxygen atoms in total. The lowest BCUT2D eigenvalue weighted by atomic mass is 9.99. The summed E-state index contributed by atoms with van der Waals surface area (Å²) in [6.45, 7) is -0.502. The van der Waals surface area contributed by atoms with Crippen LogP contribution in [0.1, 0.15) is 10.4 Å². The van der Waals surface area contributed by atoms with Crippen LogP contribution in [0.2, 0.25) is 0 Å². The van der Waals surface area contributed by atoms with Gasteiger partial charge in [-0.2, -0.15) is 0 Å². The second-order valence-electron chi connectivity index (χ2n) is 6.80. The van der Waals surface area contributed by atoms with Gasteiger partial charge in [0.2, 0.25) is 6.29 Å². The molecule has 0 saturated carbocycles.